The summed E-state index contributed by atoms with van der Waals surface area (Å²) in [6, 6.07) is 5.84. The molecule has 1 aromatic rings. The van der Waals surface area contributed by atoms with Crippen LogP contribution in [-0.2, 0) is 16.1 Å². The minimum Gasteiger partial charge on any atom is -0.496 e. The van der Waals surface area contributed by atoms with E-state index in [9.17, 15) is 4.79 Å². The molecule has 5 nitrogen and oxygen atoms in total. The summed E-state index contributed by atoms with van der Waals surface area (Å²) in [6.45, 7) is 2.68. The Morgan fingerprint density at radius 2 is 2.04 bits per heavy atom. The summed E-state index contributed by atoms with van der Waals surface area (Å²) in [4.78, 5) is 14.9. The average molecular weight is 385 g/mol. The number of halogens is 1. The summed E-state index contributed by atoms with van der Waals surface area (Å²) in [5.41, 5.74) is 0.563. The minimum absolute atomic E-state index is 0.142. The van der Waals surface area contributed by atoms with Crippen LogP contribution in [0.25, 0.3) is 0 Å². The Balaban J connectivity index is 2.17. The van der Waals surface area contributed by atoms with Crippen molar-refractivity contribution in [1.82, 2.24) is 10.2 Å². The quantitative estimate of drug-likeness (QED) is 0.818. The SMILES string of the molecule is COCC1(C(=O)N(C)Cc2cc(Br)ccc2OC)CCNCC1. The fraction of sp³-hybridized carbons (Fsp3) is 0.588. The lowest BCUT2D eigenvalue weighted by molar-refractivity contribution is -0.146. The number of carbonyl (C=O) groups is 1. The fourth-order valence-electron chi connectivity index (χ4n) is 3.20. The van der Waals surface area contributed by atoms with Gasteiger partial charge in [-0.05, 0) is 44.1 Å². The molecule has 1 N–H and O–H groups in total. The van der Waals surface area contributed by atoms with E-state index in [-0.39, 0.29) is 5.91 Å². The molecule has 23 heavy (non-hydrogen) atoms. The summed E-state index contributed by atoms with van der Waals surface area (Å²) >= 11 is 3.48. The van der Waals surface area contributed by atoms with Gasteiger partial charge in [-0.1, -0.05) is 15.9 Å². The van der Waals surface area contributed by atoms with Crippen molar-refractivity contribution in [3.05, 3.63) is 28.2 Å². The highest BCUT2D eigenvalue weighted by Gasteiger charge is 2.41. The first-order valence-corrected chi connectivity index (χ1v) is 8.59. The van der Waals surface area contributed by atoms with Crippen LogP contribution in [0.3, 0.4) is 0 Å². The first-order chi connectivity index (χ1) is 11.0. The lowest BCUT2D eigenvalue weighted by atomic mass is 9.78. The van der Waals surface area contributed by atoms with Gasteiger partial charge in [-0.15, -0.1) is 0 Å². The van der Waals surface area contributed by atoms with Crippen molar-refractivity contribution < 1.29 is 14.3 Å². The molecule has 1 aliphatic rings. The number of benzene rings is 1. The highest BCUT2D eigenvalue weighted by molar-refractivity contribution is 9.10. The smallest absolute Gasteiger partial charge is 0.231 e. The Morgan fingerprint density at radius 3 is 2.65 bits per heavy atom. The van der Waals surface area contributed by atoms with Crippen molar-refractivity contribution in [1.29, 1.82) is 0 Å². The van der Waals surface area contributed by atoms with Crippen LogP contribution in [0, 0.1) is 5.41 Å². The molecular weight excluding hydrogens is 360 g/mol. The third-order valence-electron chi connectivity index (χ3n) is 4.43. The number of hydrogen-bond donors (Lipinski definition) is 1. The predicted molar refractivity (Wildman–Crippen MR) is 93.6 cm³/mol. The molecule has 0 aromatic heterocycles. The number of rotatable bonds is 6. The van der Waals surface area contributed by atoms with Crippen LogP contribution in [0.5, 0.6) is 5.75 Å². The van der Waals surface area contributed by atoms with Crippen LogP contribution in [0.4, 0.5) is 0 Å². The zero-order valence-corrected chi connectivity index (χ0v) is 15.6. The minimum atomic E-state index is -0.423. The van der Waals surface area contributed by atoms with E-state index in [1.807, 2.05) is 25.2 Å². The second kappa shape index (κ2) is 8.13. The van der Waals surface area contributed by atoms with E-state index in [4.69, 9.17) is 9.47 Å². The van der Waals surface area contributed by atoms with Gasteiger partial charge >= 0.3 is 0 Å². The zero-order valence-electron chi connectivity index (χ0n) is 14.0. The van der Waals surface area contributed by atoms with E-state index < -0.39 is 5.41 Å². The van der Waals surface area contributed by atoms with Crippen molar-refractivity contribution in [2.45, 2.75) is 19.4 Å². The highest BCUT2D eigenvalue weighted by atomic mass is 79.9. The second-order valence-corrected chi connectivity index (χ2v) is 7.00. The van der Waals surface area contributed by atoms with E-state index in [1.165, 1.54) is 0 Å². The highest BCUT2D eigenvalue weighted by Crippen LogP contribution is 2.32. The monoisotopic (exact) mass is 384 g/mol. The van der Waals surface area contributed by atoms with Crippen molar-refractivity contribution in [3.63, 3.8) is 0 Å². The summed E-state index contributed by atoms with van der Waals surface area (Å²) in [5, 5.41) is 3.31. The number of nitrogens with one attached hydrogen (secondary N) is 1. The van der Waals surface area contributed by atoms with Gasteiger partial charge in [-0.2, -0.15) is 0 Å². The van der Waals surface area contributed by atoms with Crippen molar-refractivity contribution in [2.75, 3.05) is 41.0 Å². The summed E-state index contributed by atoms with van der Waals surface area (Å²) < 4.78 is 11.7. The van der Waals surface area contributed by atoms with Gasteiger partial charge in [0, 0.05) is 30.7 Å². The van der Waals surface area contributed by atoms with Crippen molar-refractivity contribution in [2.24, 2.45) is 5.41 Å². The maximum atomic E-state index is 13.1. The number of piperidine rings is 1. The number of carbonyl (C=O) groups excluding carboxylic acids is 1. The van der Waals surface area contributed by atoms with Crippen LogP contribution in [0.1, 0.15) is 18.4 Å². The van der Waals surface area contributed by atoms with E-state index in [0.29, 0.717) is 13.2 Å². The third-order valence-corrected chi connectivity index (χ3v) is 4.92. The maximum absolute atomic E-state index is 13.1. The van der Waals surface area contributed by atoms with Gasteiger partial charge in [0.25, 0.3) is 0 Å². The molecule has 0 unspecified atom stereocenters. The van der Waals surface area contributed by atoms with Crippen LogP contribution in [0.2, 0.25) is 0 Å². The zero-order chi connectivity index (χ0) is 16.9. The lowest BCUT2D eigenvalue weighted by Crippen LogP contribution is -2.50. The molecule has 2 rings (SSSR count). The lowest BCUT2D eigenvalue weighted by Gasteiger charge is -2.38. The molecule has 0 saturated carbocycles. The molecule has 0 aliphatic carbocycles. The molecule has 0 spiro atoms. The number of methoxy groups -OCH3 is 2. The summed E-state index contributed by atoms with van der Waals surface area (Å²) in [5.74, 6) is 0.932. The Morgan fingerprint density at radius 1 is 1.35 bits per heavy atom. The first-order valence-electron chi connectivity index (χ1n) is 7.80. The maximum Gasteiger partial charge on any atom is 0.231 e. The van der Waals surface area contributed by atoms with Crippen LogP contribution in [-0.4, -0.2) is 51.8 Å². The fourth-order valence-corrected chi connectivity index (χ4v) is 3.61. The largest absolute Gasteiger partial charge is 0.496 e. The molecule has 1 heterocycles. The van der Waals surface area contributed by atoms with Gasteiger partial charge in [0.1, 0.15) is 5.75 Å². The molecule has 6 heteroatoms. The molecule has 1 aliphatic heterocycles. The van der Waals surface area contributed by atoms with E-state index in [1.54, 1.807) is 19.1 Å². The van der Waals surface area contributed by atoms with Crippen LogP contribution in [0.15, 0.2) is 22.7 Å². The molecule has 1 aromatic carbocycles. The molecule has 1 fully saturated rings. The van der Waals surface area contributed by atoms with Crippen molar-refractivity contribution >= 4 is 21.8 Å². The van der Waals surface area contributed by atoms with E-state index >= 15 is 0 Å². The van der Waals surface area contributed by atoms with Gasteiger partial charge in [-0.3, -0.25) is 4.79 Å². The van der Waals surface area contributed by atoms with Gasteiger partial charge in [-0.25, -0.2) is 0 Å². The summed E-state index contributed by atoms with van der Waals surface area (Å²) in [6.07, 6.45) is 1.61. The Hall–Kier alpha value is -1.11. The van der Waals surface area contributed by atoms with Gasteiger partial charge in [0.15, 0.2) is 0 Å². The molecule has 0 atom stereocenters. The van der Waals surface area contributed by atoms with Crippen LogP contribution >= 0.6 is 15.9 Å². The molecular formula is C17H25BrN2O3. The van der Waals surface area contributed by atoms with Gasteiger partial charge < -0.3 is 19.7 Å². The van der Waals surface area contributed by atoms with Gasteiger partial charge in [0.2, 0.25) is 5.91 Å². The second-order valence-electron chi connectivity index (χ2n) is 6.08. The molecule has 0 bridgehead atoms. The number of ether oxygens (including phenoxy) is 2. The first kappa shape index (κ1) is 18.2. The van der Waals surface area contributed by atoms with Crippen molar-refractivity contribution in [3.8, 4) is 5.75 Å². The Bertz CT molecular complexity index is 539. The molecule has 1 saturated heterocycles. The molecule has 1 amide bonds. The number of amides is 1. The number of hydrogen-bond acceptors (Lipinski definition) is 4. The normalized spacial score (nSPS) is 16.9. The molecule has 128 valence electrons. The standard InChI is InChI=1S/C17H25BrN2O3/c1-20(11-13-10-14(18)4-5-15(13)23-3)16(21)17(12-22-2)6-8-19-9-7-17/h4-5,10,19H,6-9,11-12H2,1-3H3. The Kier molecular flexibility index (Phi) is 6.44. The average Bonchev–Trinajstić information content (AvgIpc) is 2.55. The Labute approximate surface area is 146 Å². The van der Waals surface area contributed by atoms with E-state index in [0.717, 1.165) is 41.7 Å². The number of nitrogens with zero attached hydrogens (tertiary/aromatic N) is 1. The van der Waals surface area contributed by atoms with E-state index in [2.05, 4.69) is 21.2 Å². The third kappa shape index (κ3) is 4.25. The molecule has 0 radical (unpaired) electrons. The summed E-state index contributed by atoms with van der Waals surface area (Å²) in [7, 11) is 5.16. The topological polar surface area (TPSA) is 50.8 Å². The predicted octanol–water partition coefficient (Wildman–Crippen LogP) is 2.43. The van der Waals surface area contributed by atoms with Crippen LogP contribution < -0.4 is 10.1 Å². The van der Waals surface area contributed by atoms with Gasteiger partial charge in [0.05, 0.1) is 19.1 Å².